The first kappa shape index (κ1) is 17.0. The molecule has 1 aromatic carbocycles. The van der Waals surface area contributed by atoms with E-state index < -0.39 is 9.84 Å². The number of hydrogen-bond acceptors (Lipinski definition) is 5. The van der Waals surface area contributed by atoms with Gasteiger partial charge in [-0.15, -0.1) is 0 Å². The van der Waals surface area contributed by atoms with E-state index >= 15 is 0 Å². The summed E-state index contributed by atoms with van der Waals surface area (Å²) in [6, 6.07) is 10.2. The first-order valence-corrected chi connectivity index (χ1v) is 10.7. The maximum absolute atomic E-state index is 11.8. The maximum Gasteiger partial charge on any atom is 0.150 e. The molecule has 0 N–H and O–H groups in total. The van der Waals surface area contributed by atoms with Crippen molar-refractivity contribution in [3.63, 3.8) is 0 Å². The zero-order chi connectivity index (χ0) is 18.3. The maximum atomic E-state index is 11.8. The number of nitrogens with zero attached hydrogens (tertiary/aromatic N) is 4. The molecule has 3 aromatic rings. The minimum atomic E-state index is -2.95. The number of anilines is 1. The molecule has 1 saturated heterocycles. The third-order valence-corrected chi connectivity index (χ3v) is 6.79. The third kappa shape index (κ3) is 3.07. The number of piperidine rings is 1. The molecule has 0 amide bonds. The van der Waals surface area contributed by atoms with E-state index in [0.29, 0.717) is 12.8 Å². The van der Waals surface area contributed by atoms with Gasteiger partial charge in [0.15, 0.2) is 0 Å². The van der Waals surface area contributed by atoms with Crippen molar-refractivity contribution in [1.82, 2.24) is 14.5 Å². The summed E-state index contributed by atoms with van der Waals surface area (Å²) in [5, 5.41) is 0.938. The Kier molecular flexibility index (Phi) is 4.19. The van der Waals surface area contributed by atoms with Gasteiger partial charge in [-0.3, -0.25) is 0 Å². The zero-order valence-corrected chi connectivity index (χ0v) is 15.8. The number of fused-ring (bicyclic) bond motifs is 1. The van der Waals surface area contributed by atoms with Crippen LogP contribution in [0.2, 0.25) is 0 Å². The average Bonchev–Trinajstić information content (AvgIpc) is 3.05. The predicted molar refractivity (Wildman–Crippen MR) is 104 cm³/mol. The largest absolute Gasteiger partial charge is 0.371 e. The summed E-state index contributed by atoms with van der Waals surface area (Å²) in [6.07, 6.45) is 6.50. The van der Waals surface area contributed by atoms with E-state index in [9.17, 15) is 8.42 Å². The molecule has 1 aliphatic rings. The third-order valence-electron chi connectivity index (χ3n) is 5.11. The van der Waals surface area contributed by atoms with Gasteiger partial charge in [-0.25, -0.2) is 18.4 Å². The normalized spacial score (nSPS) is 16.3. The van der Waals surface area contributed by atoms with Crippen LogP contribution in [-0.4, -0.2) is 47.5 Å². The summed E-state index contributed by atoms with van der Waals surface area (Å²) < 4.78 is 25.7. The molecule has 0 aliphatic carbocycles. The minimum absolute atomic E-state index is 0.216. The lowest BCUT2D eigenvalue weighted by atomic mass is 10.1. The number of sulfone groups is 1. The van der Waals surface area contributed by atoms with E-state index in [1.165, 1.54) is 6.26 Å². The van der Waals surface area contributed by atoms with E-state index in [1.807, 2.05) is 25.3 Å². The van der Waals surface area contributed by atoms with Crippen molar-refractivity contribution < 1.29 is 8.42 Å². The number of hydrogen-bond donors (Lipinski definition) is 0. The van der Waals surface area contributed by atoms with Crippen LogP contribution in [0.1, 0.15) is 18.7 Å². The van der Waals surface area contributed by atoms with Crippen LogP contribution >= 0.6 is 0 Å². The molecule has 6 nitrogen and oxygen atoms in total. The second-order valence-electron chi connectivity index (χ2n) is 6.87. The molecule has 0 saturated carbocycles. The van der Waals surface area contributed by atoms with Gasteiger partial charge in [-0.05, 0) is 44.0 Å². The molecule has 7 heteroatoms. The van der Waals surface area contributed by atoms with Crippen LogP contribution in [-0.2, 0) is 9.84 Å². The van der Waals surface area contributed by atoms with Crippen molar-refractivity contribution in [2.24, 2.45) is 0 Å². The van der Waals surface area contributed by atoms with Crippen LogP contribution in [0, 0.1) is 6.92 Å². The molecule has 0 unspecified atom stereocenters. The van der Waals surface area contributed by atoms with Gasteiger partial charge in [0, 0.05) is 42.8 Å². The van der Waals surface area contributed by atoms with E-state index in [0.717, 1.165) is 41.3 Å². The van der Waals surface area contributed by atoms with Crippen LogP contribution in [0.15, 0.2) is 42.7 Å². The Morgan fingerprint density at radius 2 is 1.88 bits per heavy atom. The number of aryl methyl sites for hydroxylation is 1. The summed E-state index contributed by atoms with van der Waals surface area (Å²) in [6.45, 7) is 3.40. The van der Waals surface area contributed by atoms with E-state index in [-0.39, 0.29) is 5.25 Å². The molecule has 3 heterocycles. The molecule has 0 spiro atoms. The molecule has 0 bridgehead atoms. The van der Waals surface area contributed by atoms with Crippen LogP contribution in [0.4, 0.5) is 5.69 Å². The molecular formula is C19H22N4O2S. The zero-order valence-electron chi connectivity index (χ0n) is 15.0. The second kappa shape index (κ2) is 6.39. The fourth-order valence-electron chi connectivity index (χ4n) is 3.73. The fraction of sp³-hybridized carbons (Fsp3) is 0.368. The van der Waals surface area contributed by atoms with Crippen molar-refractivity contribution in [3.8, 4) is 5.82 Å². The lowest BCUT2D eigenvalue weighted by Crippen LogP contribution is -2.39. The van der Waals surface area contributed by atoms with E-state index in [4.69, 9.17) is 0 Å². The summed E-state index contributed by atoms with van der Waals surface area (Å²) >= 11 is 0. The Balaban J connectivity index is 1.68. The van der Waals surface area contributed by atoms with Crippen molar-refractivity contribution in [3.05, 3.63) is 48.5 Å². The minimum Gasteiger partial charge on any atom is -0.371 e. The molecule has 26 heavy (non-hydrogen) atoms. The summed E-state index contributed by atoms with van der Waals surface area (Å²) in [4.78, 5) is 11.0. The smallest absolute Gasteiger partial charge is 0.150 e. The van der Waals surface area contributed by atoms with E-state index in [2.05, 4.69) is 37.6 Å². The topological polar surface area (TPSA) is 68.1 Å². The first-order chi connectivity index (χ1) is 12.4. The molecule has 1 aliphatic heterocycles. The SMILES string of the molecule is Cc1nccc(-n2ccc3c(N4CCC(S(C)(=O)=O)CC4)cccc32)n1. The average molecular weight is 370 g/mol. The highest BCUT2D eigenvalue weighted by Crippen LogP contribution is 2.31. The predicted octanol–water partition coefficient (Wildman–Crippen LogP) is 2.74. The van der Waals surface area contributed by atoms with Crippen LogP contribution in [0.5, 0.6) is 0 Å². The Morgan fingerprint density at radius 3 is 2.58 bits per heavy atom. The van der Waals surface area contributed by atoms with Gasteiger partial charge in [-0.1, -0.05) is 6.07 Å². The molecule has 1 fully saturated rings. The Morgan fingerprint density at radius 1 is 1.12 bits per heavy atom. The van der Waals surface area contributed by atoms with Crippen molar-refractivity contribution >= 4 is 26.4 Å². The van der Waals surface area contributed by atoms with Crippen LogP contribution in [0.3, 0.4) is 0 Å². The highest BCUT2D eigenvalue weighted by molar-refractivity contribution is 7.91. The van der Waals surface area contributed by atoms with Crippen LogP contribution < -0.4 is 4.90 Å². The number of aromatic nitrogens is 3. The molecule has 4 rings (SSSR count). The van der Waals surface area contributed by atoms with Crippen molar-refractivity contribution in [1.29, 1.82) is 0 Å². The van der Waals surface area contributed by atoms with Gasteiger partial charge in [-0.2, -0.15) is 0 Å². The molecule has 0 atom stereocenters. The monoisotopic (exact) mass is 370 g/mol. The van der Waals surface area contributed by atoms with Gasteiger partial charge >= 0.3 is 0 Å². The second-order valence-corrected chi connectivity index (χ2v) is 9.20. The van der Waals surface area contributed by atoms with E-state index in [1.54, 1.807) is 6.20 Å². The number of benzene rings is 1. The molecular weight excluding hydrogens is 348 g/mol. The van der Waals surface area contributed by atoms with Gasteiger partial charge < -0.3 is 9.47 Å². The van der Waals surface area contributed by atoms with Gasteiger partial charge in [0.1, 0.15) is 21.5 Å². The van der Waals surface area contributed by atoms with Crippen molar-refractivity contribution in [2.75, 3.05) is 24.2 Å². The standard InChI is InChI=1S/C19H22N4O2S/c1-14-20-10-6-19(21-14)23-13-9-16-17(4-3-5-18(16)23)22-11-7-15(8-12-22)26(2,24)25/h3-6,9-10,13,15H,7-8,11-12H2,1-2H3. The first-order valence-electron chi connectivity index (χ1n) is 8.77. The summed E-state index contributed by atoms with van der Waals surface area (Å²) in [7, 11) is -2.95. The quantitative estimate of drug-likeness (QED) is 0.709. The van der Waals surface area contributed by atoms with Crippen molar-refractivity contribution in [2.45, 2.75) is 25.0 Å². The highest BCUT2D eigenvalue weighted by Gasteiger charge is 2.27. The Bertz CT molecular complexity index is 1050. The Hall–Kier alpha value is -2.41. The summed E-state index contributed by atoms with van der Waals surface area (Å²) in [5.41, 5.74) is 2.24. The van der Waals surface area contributed by atoms with Gasteiger partial charge in [0.25, 0.3) is 0 Å². The molecule has 136 valence electrons. The fourth-order valence-corrected chi connectivity index (χ4v) is 4.80. The lowest BCUT2D eigenvalue weighted by molar-refractivity contribution is 0.535. The number of rotatable bonds is 3. The van der Waals surface area contributed by atoms with Gasteiger partial charge in [0.2, 0.25) is 0 Å². The summed E-state index contributed by atoms with van der Waals surface area (Å²) in [5.74, 6) is 1.59. The van der Waals surface area contributed by atoms with Gasteiger partial charge in [0.05, 0.1) is 10.8 Å². The van der Waals surface area contributed by atoms with Crippen LogP contribution in [0.25, 0.3) is 16.7 Å². The molecule has 2 aromatic heterocycles. The lowest BCUT2D eigenvalue weighted by Gasteiger charge is -2.33. The molecule has 0 radical (unpaired) electrons. The highest BCUT2D eigenvalue weighted by atomic mass is 32.2. The Labute approximate surface area is 153 Å².